The Hall–Kier alpha value is -3.36. The van der Waals surface area contributed by atoms with Crippen molar-refractivity contribution in [2.75, 3.05) is 11.4 Å². The van der Waals surface area contributed by atoms with Gasteiger partial charge in [-0.05, 0) is 25.1 Å². The van der Waals surface area contributed by atoms with Crippen LogP contribution in [0.1, 0.15) is 31.4 Å². The lowest BCUT2D eigenvalue weighted by atomic mass is 9.74. The van der Waals surface area contributed by atoms with E-state index in [0.29, 0.717) is 23.9 Å². The molecule has 1 aliphatic rings. The zero-order chi connectivity index (χ0) is 20.1. The van der Waals surface area contributed by atoms with E-state index in [9.17, 15) is 14.5 Å². The van der Waals surface area contributed by atoms with Gasteiger partial charge in [0.05, 0.1) is 11.0 Å². The fraction of sp³-hybridized carbons (Fsp3) is 0.316. The average Bonchev–Trinajstić information content (AvgIpc) is 3.08. The van der Waals surface area contributed by atoms with Gasteiger partial charge in [0.15, 0.2) is 0 Å². The van der Waals surface area contributed by atoms with Crippen LogP contribution in [0, 0.1) is 28.3 Å². The molecule has 0 spiro atoms. The van der Waals surface area contributed by atoms with Crippen LogP contribution in [-0.4, -0.2) is 31.0 Å². The Morgan fingerprint density at radius 2 is 2.11 bits per heavy atom. The Balaban J connectivity index is 1.74. The molecule has 9 heteroatoms. The number of nitrogens with zero attached hydrogens (tertiary/aromatic N) is 6. The van der Waals surface area contributed by atoms with Gasteiger partial charge in [0, 0.05) is 30.0 Å². The van der Waals surface area contributed by atoms with Crippen LogP contribution in [0.3, 0.4) is 0 Å². The molecule has 1 aromatic carbocycles. The quantitative estimate of drug-likeness (QED) is 0.506. The van der Waals surface area contributed by atoms with E-state index in [1.807, 2.05) is 15.5 Å². The van der Waals surface area contributed by atoms with Crippen molar-refractivity contribution in [2.45, 2.75) is 26.8 Å². The first kappa shape index (κ1) is 18.0. The van der Waals surface area contributed by atoms with Gasteiger partial charge in [0.2, 0.25) is 5.95 Å². The highest BCUT2D eigenvalue weighted by Crippen LogP contribution is 2.49. The predicted molar refractivity (Wildman–Crippen MR) is 101 cm³/mol. The van der Waals surface area contributed by atoms with Crippen molar-refractivity contribution in [3.63, 3.8) is 0 Å². The number of benzene rings is 1. The molecule has 8 nitrogen and oxygen atoms in total. The molecule has 0 N–H and O–H groups in total. The summed E-state index contributed by atoms with van der Waals surface area (Å²) < 4.78 is 15.6. The number of halogens is 1. The SMILES string of the molecule is Cc1nc(N2CC(C)(C)C2c2nccn2-c2cccc(F)c2)ncc1[N+](=O)[O-]. The van der Waals surface area contributed by atoms with Crippen LogP contribution >= 0.6 is 0 Å². The number of rotatable bonds is 4. The van der Waals surface area contributed by atoms with E-state index < -0.39 is 4.92 Å². The molecule has 2 aromatic heterocycles. The third-order valence-electron chi connectivity index (χ3n) is 5.02. The van der Waals surface area contributed by atoms with Gasteiger partial charge in [-0.2, -0.15) is 0 Å². The second-order valence-corrected chi connectivity index (χ2v) is 7.55. The van der Waals surface area contributed by atoms with Crippen LogP contribution in [0.4, 0.5) is 16.0 Å². The number of aromatic nitrogens is 4. The van der Waals surface area contributed by atoms with Crippen LogP contribution in [0.15, 0.2) is 42.9 Å². The third-order valence-corrected chi connectivity index (χ3v) is 5.02. The lowest BCUT2D eigenvalue weighted by Gasteiger charge is -2.53. The number of hydrogen-bond donors (Lipinski definition) is 0. The second-order valence-electron chi connectivity index (χ2n) is 7.55. The van der Waals surface area contributed by atoms with Crippen LogP contribution in [-0.2, 0) is 0 Å². The summed E-state index contributed by atoms with van der Waals surface area (Å²) in [6, 6.07) is 6.16. The number of aryl methyl sites for hydroxylation is 1. The number of hydrogen-bond acceptors (Lipinski definition) is 6. The van der Waals surface area contributed by atoms with Crippen LogP contribution in [0.25, 0.3) is 5.69 Å². The smallest absolute Gasteiger partial charge is 0.308 e. The molecule has 1 unspecified atom stereocenters. The summed E-state index contributed by atoms with van der Waals surface area (Å²) in [5.41, 5.74) is 0.749. The lowest BCUT2D eigenvalue weighted by molar-refractivity contribution is -0.386. The monoisotopic (exact) mass is 382 g/mol. The molecule has 1 saturated heterocycles. The van der Waals surface area contributed by atoms with Gasteiger partial charge in [0.25, 0.3) is 0 Å². The first-order chi connectivity index (χ1) is 13.3. The molecule has 3 aromatic rings. The summed E-state index contributed by atoms with van der Waals surface area (Å²) in [5, 5.41) is 11.0. The molecule has 0 radical (unpaired) electrons. The molecule has 1 fully saturated rings. The number of imidazole rings is 1. The molecule has 3 heterocycles. The molecular formula is C19H19FN6O2. The van der Waals surface area contributed by atoms with Crippen LogP contribution in [0.5, 0.6) is 0 Å². The molecule has 0 aliphatic carbocycles. The number of nitro groups is 1. The lowest BCUT2D eigenvalue weighted by Crippen LogP contribution is -2.57. The molecule has 0 amide bonds. The van der Waals surface area contributed by atoms with Gasteiger partial charge >= 0.3 is 5.69 Å². The van der Waals surface area contributed by atoms with Gasteiger partial charge < -0.3 is 9.47 Å². The topological polar surface area (TPSA) is 90.0 Å². The van der Waals surface area contributed by atoms with E-state index in [4.69, 9.17) is 0 Å². The summed E-state index contributed by atoms with van der Waals surface area (Å²) >= 11 is 0. The van der Waals surface area contributed by atoms with Crippen molar-refractivity contribution >= 4 is 11.6 Å². The summed E-state index contributed by atoms with van der Waals surface area (Å²) in [6.07, 6.45) is 4.70. The fourth-order valence-corrected chi connectivity index (χ4v) is 3.73. The molecule has 4 rings (SSSR count). The largest absolute Gasteiger partial charge is 0.329 e. The van der Waals surface area contributed by atoms with Crippen molar-refractivity contribution in [1.82, 2.24) is 19.5 Å². The highest BCUT2D eigenvalue weighted by Gasteiger charge is 2.50. The zero-order valence-electron chi connectivity index (χ0n) is 15.7. The van der Waals surface area contributed by atoms with E-state index in [1.54, 1.807) is 25.4 Å². The van der Waals surface area contributed by atoms with Crippen molar-refractivity contribution < 1.29 is 9.31 Å². The summed E-state index contributed by atoms with van der Waals surface area (Å²) in [6.45, 7) is 6.48. The van der Waals surface area contributed by atoms with Crippen molar-refractivity contribution in [3.05, 3.63) is 70.3 Å². The second kappa shape index (κ2) is 6.36. The minimum absolute atomic E-state index is 0.110. The molecule has 1 aliphatic heterocycles. The van der Waals surface area contributed by atoms with E-state index in [-0.39, 0.29) is 23.0 Å². The fourth-order valence-electron chi connectivity index (χ4n) is 3.73. The van der Waals surface area contributed by atoms with Gasteiger partial charge in [-0.1, -0.05) is 19.9 Å². The van der Waals surface area contributed by atoms with Gasteiger partial charge in [-0.15, -0.1) is 0 Å². The normalized spacial score (nSPS) is 18.0. The van der Waals surface area contributed by atoms with Crippen LogP contribution in [0.2, 0.25) is 0 Å². The Bertz CT molecular complexity index is 1060. The minimum atomic E-state index is -0.493. The summed E-state index contributed by atoms with van der Waals surface area (Å²) in [7, 11) is 0. The van der Waals surface area contributed by atoms with Gasteiger partial charge in [-0.3, -0.25) is 10.1 Å². The highest BCUT2D eigenvalue weighted by molar-refractivity contribution is 5.46. The first-order valence-electron chi connectivity index (χ1n) is 8.82. The maximum Gasteiger partial charge on any atom is 0.308 e. The molecule has 0 bridgehead atoms. The molecule has 144 valence electrons. The maximum absolute atomic E-state index is 13.7. The third kappa shape index (κ3) is 2.88. The molecular weight excluding hydrogens is 363 g/mol. The highest BCUT2D eigenvalue weighted by atomic mass is 19.1. The summed E-state index contributed by atoms with van der Waals surface area (Å²) in [5.74, 6) is 0.832. The van der Waals surface area contributed by atoms with E-state index in [0.717, 1.165) is 5.82 Å². The van der Waals surface area contributed by atoms with Crippen molar-refractivity contribution in [3.8, 4) is 5.69 Å². The van der Waals surface area contributed by atoms with E-state index >= 15 is 0 Å². The molecule has 1 atom stereocenters. The summed E-state index contributed by atoms with van der Waals surface area (Å²) in [4.78, 5) is 25.6. The number of anilines is 1. The average molecular weight is 382 g/mol. The molecule has 0 saturated carbocycles. The van der Waals surface area contributed by atoms with Crippen molar-refractivity contribution in [1.29, 1.82) is 0 Å². The first-order valence-corrected chi connectivity index (χ1v) is 8.82. The minimum Gasteiger partial charge on any atom is -0.329 e. The van der Waals surface area contributed by atoms with E-state index in [2.05, 4.69) is 28.8 Å². The Kier molecular flexibility index (Phi) is 4.10. The Morgan fingerprint density at radius 1 is 1.32 bits per heavy atom. The van der Waals surface area contributed by atoms with E-state index in [1.165, 1.54) is 18.3 Å². The van der Waals surface area contributed by atoms with Gasteiger partial charge in [-0.25, -0.2) is 19.3 Å². The Labute approximate surface area is 160 Å². The zero-order valence-corrected chi connectivity index (χ0v) is 15.7. The predicted octanol–water partition coefficient (Wildman–Crippen LogP) is 3.61. The Morgan fingerprint density at radius 3 is 2.75 bits per heavy atom. The van der Waals surface area contributed by atoms with Crippen LogP contribution < -0.4 is 4.90 Å². The maximum atomic E-state index is 13.7. The van der Waals surface area contributed by atoms with Gasteiger partial charge in [0.1, 0.15) is 23.5 Å². The standard InChI is InChI=1S/C19H19FN6O2/c1-12-15(26(27)28)10-22-18(23-12)25-11-19(2,3)16(25)17-21-7-8-24(17)14-6-4-5-13(20)9-14/h4-10,16H,11H2,1-3H3. The molecule has 28 heavy (non-hydrogen) atoms. The van der Waals surface area contributed by atoms with Crippen molar-refractivity contribution in [2.24, 2.45) is 5.41 Å².